The summed E-state index contributed by atoms with van der Waals surface area (Å²) in [7, 11) is 0. The fourth-order valence-corrected chi connectivity index (χ4v) is 2.37. The van der Waals surface area contributed by atoms with E-state index in [-0.39, 0.29) is 30.5 Å². The van der Waals surface area contributed by atoms with Gasteiger partial charge in [0.15, 0.2) is 0 Å². The summed E-state index contributed by atoms with van der Waals surface area (Å²) in [6.07, 6.45) is 2.03. The number of para-hydroxylation sites is 2. The van der Waals surface area contributed by atoms with Crippen LogP contribution in [0.3, 0.4) is 0 Å². The Morgan fingerprint density at radius 3 is 2.83 bits per heavy atom. The molecule has 0 spiro atoms. The molecule has 0 saturated heterocycles. The van der Waals surface area contributed by atoms with Crippen LogP contribution in [0.1, 0.15) is 27.2 Å². The molecule has 0 aliphatic carbocycles. The van der Waals surface area contributed by atoms with E-state index >= 15 is 0 Å². The van der Waals surface area contributed by atoms with Crippen LogP contribution in [0.25, 0.3) is 11.0 Å². The molecule has 2 atom stereocenters. The molecule has 0 bridgehead atoms. The number of carbonyl (C=O) groups excluding carboxylic acids is 1. The normalized spacial score (nSPS) is 15.1. The molecule has 2 unspecified atom stereocenters. The van der Waals surface area contributed by atoms with Gasteiger partial charge in [-0.1, -0.05) is 32.4 Å². The summed E-state index contributed by atoms with van der Waals surface area (Å²) >= 11 is 0. The number of amides is 1. The van der Waals surface area contributed by atoms with Crippen molar-refractivity contribution in [3.05, 3.63) is 40.8 Å². The number of carbonyl (C=O) groups is 1. The number of rotatable bonds is 6. The molecule has 124 valence electrons. The van der Waals surface area contributed by atoms with Gasteiger partial charge in [0.2, 0.25) is 5.91 Å². The van der Waals surface area contributed by atoms with Gasteiger partial charge in [0.25, 0.3) is 5.56 Å². The van der Waals surface area contributed by atoms with Crippen LogP contribution >= 0.6 is 0 Å². The Morgan fingerprint density at radius 1 is 1.43 bits per heavy atom. The van der Waals surface area contributed by atoms with Gasteiger partial charge in [-0.2, -0.15) is 0 Å². The maximum Gasteiger partial charge on any atom is 0.269 e. The van der Waals surface area contributed by atoms with E-state index in [1.165, 1.54) is 10.8 Å². The molecule has 1 amide bonds. The van der Waals surface area contributed by atoms with E-state index in [4.69, 9.17) is 0 Å². The molecule has 23 heavy (non-hydrogen) atoms. The first-order chi connectivity index (χ1) is 10.8. The zero-order chi connectivity index (χ0) is 17.0. The summed E-state index contributed by atoms with van der Waals surface area (Å²) in [5.41, 5.74) is -0.0294. The Morgan fingerprint density at radius 2 is 2.13 bits per heavy atom. The molecule has 0 aliphatic heterocycles. The average Bonchev–Trinajstić information content (AvgIpc) is 2.55. The molecule has 0 radical (unpaired) electrons. The van der Waals surface area contributed by atoms with Crippen molar-refractivity contribution >= 4 is 16.9 Å². The zero-order valence-corrected chi connectivity index (χ0v) is 13.7. The van der Waals surface area contributed by atoms with E-state index in [0.29, 0.717) is 11.0 Å². The van der Waals surface area contributed by atoms with Crippen molar-refractivity contribution in [1.29, 1.82) is 0 Å². The van der Waals surface area contributed by atoms with E-state index in [2.05, 4.69) is 10.3 Å². The maximum atomic E-state index is 12.2. The second kappa shape index (κ2) is 6.91. The highest BCUT2D eigenvalue weighted by Gasteiger charge is 2.27. The molecule has 1 aromatic carbocycles. The third-order valence-corrected chi connectivity index (χ3v) is 4.37. The number of hydrogen-bond donors (Lipinski definition) is 2. The Labute approximate surface area is 135 Å². The third kappa shape index (κ3) is 3.96. The molecule has 0 saturated carbocycles. The molecular formula is C17H23N3O3. The maximum absolute atomic E-state index is 12.2. The Kier molecular flexibility index (Phi) is 5.15. The van der Waals surface area contributed by atoms with E-state index in [9.17, 15) is 14.7 Å². The monoisotopic (exact) mass is 317 g/mol. The Hall–Kier alpha value is -2.21. The van der Waals surface area contributed by atoms with Crippen LogP contribution in [0.2, 0.25) is 0 Å². The number of benzene rings is 1. The molecule has 2 rings (SSSR count). The predicted molar refractivity (Wildman–Crippen MR) is 89.1 cm³/mol. The molecule has 1 aromatic heterocycles. The van der Waals surface area contributed by atoms with Crippen LogP contribution < -0.4 is 10.9 Å². The Bertz CT molecular complexity index is 752. The van der Waals surface area contributed by atoms with Crippen molar-refractivity contribution in [1.82, 2.24) is 14.9 Å². The number of aromatic nitrogens is 2. The highest BCUT2D eigenvalue weighted by atomic mass is 16.3. The molecule has 2 N–H and O–H groups in total. The lowest BCUT2D eigenvalue weighted by Crippen LogP contribution is -2.46. The second-order valence-corrected chi connectivity index (χ2v) is 6.11. The van der Waals surface area contributed by atoms with Gasteiger partial charge in [0.05, 0.1) is 22.8 Å². The van der Waals surface area contributed by atoms with Crippen molar-refractivity contribution in [3.63, 3.8) is 0 Å². The third-order valence-electron chi connectivity index (χ3n) is 4.37. The molecule has 0 aliphatic rings. The summed E-state index contributed by atoms with van der Waals surface area (Å²) in [4.78, 5) is 28.2. The second-order valence-electron chi connectivity index (χ2n) is 6.11. The van der Waals surface area contributed by atoms with Crippen molar-refractivity contribution in [2.45, 2.75) is 39.3 Å². The van der Waals surface area contributed by atoms with Gasteiger partial charge >= 0.3 is 0 Å². The number of hydrogen-bond acceptors (Lipinski definition) is 4. The molecule has 6 nitrogen and oxygen atoms in total. The summed E-state index contributed by atoms with van der Waals surface area (Å²) < 4.78 is 1.38. The number of fused-ring (bicyclic) bond motifs is 1. The minimum atomic E-state index is -0.977. The van der Waals surface area contributed by atoms with Crippen molar-refractivity contribution in [2.75, 3.05) is 6.54 Å². The van der Waals surface area contributed by atoms with Gasteiger partial charge in [-0.05, 0) is 25.0 Å². The largest absolute Gasteiger partial charge is 0.388 e. The van der Waals surface area contributed by atoms with E-state index in [1.807, 2.05) is 19.9 Å². The topological polar surface area (TPSA) is 84.2 Å². The van der Waals surface area contributed by atoms with Gasteiger partial charge in [-0.25, -0.2) is 4.98 Å². The first-order valence-corrected chi connectivity index (χ1v) is 7.79. The number of nitrogens with zero attached hydrogens (tertiary/aromatic N) is 2. The van der Waals surface area contributed by atoms with Crippen LogP contribution in [-0.2, 0) is 11.3 Å². The standard InChI is InChI=1S/C17H23N3O3/c1-4-12(2)17(3,23)11-19-15(21)10-20-14-8-6-5-7-13(14)18-9-16(20)22/h5-9,12,23H,4,10-11H2,1-3H3,(H,19,21). The summed E-state index contributed by atoms with van der Waals surface area (Å²) in [6, 6.07) is 7.17. The lowest BCUT2D eigenvalue weighted by Gasteiger charge is -2.29. The van der Waals surface area contributed by atoms with Crippen LogP contribution in [0.15, 0.2) is 35.3 Å². The number of nitrogens with one attached hydrogen (secondary N) is 1. The molecule has 0 fully saturated rings. The number of aliphatic hydroxyl groups is 1. The first kappa shape index (κ1) is 17.1. The van der Waals surface area contributed by atoms with E-state index in [0.717, 1.165) is 6.42 Å². The highest BCUT2D eigenvalue weighted by Crippen LogP contribution is 2.18. The highest BCUT2D eigenvalue weighted by molar-refractivity contribution is 5.79. The van der Waals surface area contributed by atoms with Gasteiger partial charge in [-0.3, -0.25) is 14.2 Å². The van der Waals surface area contributed by atoms with Crippen molar-refractivity contribution in [2.24, 2.45) is 5.92 Å². The van der Waals surface area contributed by atoms with Gasteiger partial charge in [-0.15, -0.1) is 0 Å². The van der Waals surface area contributed by atoms with Crippen LogP contribution in [0.4, 0.5) is 0 Å². The summed E-state index contributed by atoms with van der Waals surface area (Å²) in [5.74, 6) is -0.251. The lowest BCUT2D eigenvalue weighted by molar-refractivity contribution is -0.123. The lowest BCUT2D eigenvalue weighted by atomic mass is 9.89. The predicted octanol–water partition coefficient (Wildman–Crippen LogP) is 1.31. The van der Waals surface area contributed by atoms with Crippen molar-refractivity contribution in [3.8, 4) is 0 Å². The van der Waals surface area contributed by atoms with Gasteiger partial charge in [0.1, 0.15) is 6.54 Å². The SMILES string of the molecule is CCC(C)C(C)(O)CNC(=O)Cn1c(=O)cnc2ccccc21. The molecular weight excluding hydrogens is 294 g/mol. The van der Waals surface area contributed by atoms with Crippen molar-refractivity contribution < 1.29 is 9.90 Å². The fourth-order valence-electron chi connectivity index (χ4n) is 2.37. The average molecular weight is 317 g/mol. The summed E-state index contributed by atoms with van der Waals surface area (Å²) in [6.45, 7) is 5.68. The van der Waals surface area contributed by atoms with E-state index in [1.54, 1.807) is 25.1 Å². The fraction of sp³-hybridized carbons (Fsp3) is 0.471. The Balaban J connectivity index is 2.12. The van der Waals surface area contributed by atoms with Crippen LogP contribution in [0.5, 0.6) is 0 Å². The molecule has 6 heteroatoms. The quantitative estimate of drug-likeness (QED) is 0.841. The minimum Gasteiger partial charge on any atom is -0.388 e. The molecule has 1 heterocycles. The summed E-state index contributed by atoms with van der Waals surface area (Å²) in [5, 5.41) is 13.0. The van der Waals surface area contributed by atoms with Crippen LogP contribution in [-0.4, -0.2) is 32.7 Å². The zero-order valence-electron chi connectivity index (χ0n) is 13.7. The van der Waals surface area contributed by atoms with Crippen LogP contribution in [0, 0.1) is 5.92 Å². The van der Waals surface area contributed by atoms with E-state index < -0.39 is 5.60 Å². The first-order valence-electron chi connectivity index (χ1n) is 7.79. The van der Waals surface area contributed by atoms with Gasteiger partial charge < -0.3 is 10.4 Å². The minimum absolute atomic E-state index is 0.0623. The molecule has 2 aromatic rings. The smallest absolute Gasteiger partial charge is 0.269 e. The van der Waals surface area contributed by atoms with Gasteiger partial charge in [0, 0.05) is 6.54 Å².